The van der Waals surface area contributed by atoms with Crippen LogP contribution in [0.4, 0.5) is 5.69 Å². The van der Waals surface area contributed by atoms with Crippen LogP contribution in [0.2, 0.25) is 0 Å². The molecule has 1 saturated carbocycles. The second-order valence-electron chi connectivity index (χ2n) is 6.57. The van der Waals surface area contributed by atoms with E-state index in [4.69, 9.17) is 5.11 Å². The normalized spacial score (nSPS) is 14.9. The molecule has 1 aliphatic rings. The zero-order chi connectivity index (χ0) is 17.6. The van der Waals surface area contributed by atoms with Crippen molar-refractivity contribution >= 4 is 17.6 Å². The Morgan fingerprint density at radius 2 is 1.56 bits per heavy atom. The molecular formula is C21H23NO3. The highest BCUT2D eigenvalue weighted by molar-refractivity contribution is 6.06. The van der Waals surface area contributed by atoms with E-state index in [0.717, 1.165) is 36.9 Å². The molecule has 0 aromatic heterocycles. The number of carboxylic acids is 1. The zero-order valence-corrected chi connectivity index (χ0v) is 14.2. The van der Waals surface area contributed by atoms with Gasteiger partial charge < -0.3 is 10.0 Å². The third kappa shape index (κ3) is 4.27. The summed E-state index contributed by atoms with van der Waals surface area (Å²) in [5.41, 5.74) is 2.27. The summed E-state index contributed by atoms with van der Waals surface area (Å²) in [5.74, 6) is -0.837. The Morgan fingerprint density at radius 3 is 2.16 bits per heavy atom. The van der Waals surface area contributed by atoms with Crippen LogP contribution in [0.5, 0.6) is 0 Å². The monoisotopic (exact) mass is 337 g/mol. The van der Waals surface area contributed by atoms with Gasteiger partial charge in [-0.15, -0.1) is 0 Å². The lowest BCUT2D eigenvalue weighted by Gasteiger charge is -2.34. The number of amides is 1. The Bertz CT molecular complexity index is 719. The average molecular weight is 337 g/mol. The summed E-state index contributed by atoms with van der Waals surface area (Å²) in [5, 5.41) is 8.92. The van der Waals surface area contributed by atoms with Crippen molar-refractivity contribution in [2.24, 2.45) is 0 Å². The molecule has 1 aliphatic carbocycles. The van der Waals surface area contributed by atoms with Gasteiger partial charge in [0.1, 0.15) is 0 Å². The van der Waals surface area contributed by atoms with Gasteiger partial charge in [0.15, 0.2) is 0 Å². The Hall–Kier alpha value is -2.62. The van der Waals surface area contributed by atoms with E-state index in [0.29, 0.717) is 5.56 Å². The van der Waals surface area contributed by atoms with Crippen molar-refractivity contribution in [1.29, 1.82) is 0 Å². The predicted molar refractivity (Wildman–Crippen MR) is 97.9 cm³/mol. The molecule has 0 spiro atoms. The number of carboxylic acid groups (broad SMARTS) is 1. The molecule has 3 rings (SSSR count). The quantitative estimate of drug-likeness (QED) is 0.885. The molecule has 0 bridgehead atoms. The number of aliphatic carboxylic acids is 1. The van der Waals surface area contributed by atoms with Crippen LogP contribution in [0.15, 0.2) is 54.6 Å². The van der Waals surface area contributed by atoms with Crippen molar-refractivity contribution in [3.05, 3.63) is 65.7 Å². The van der Waals surface area contributed by atoms with E-state index in [2.05, 4.69) is 0 Å². The fourth-order valence-electron chi connectivity index (χ4n) is 3.50. The first-order chi connectivity index (χ1) is 12.1. The number of carbonyl (C=O) groups excluding carboxylic acids is 1. The standard InChI is InChI=1S/C21H23NO3/c23-20(24)15-16-11-13-19(14-12-16)22(18-9-5-2-6-10-18)21(25)17-7-3-1-4-8-17/h1,3-4,7-8,11-14,18H,2,5-6,9-10,15H2,(H,23,24). The minimum Gasteiger partial charge on any atom is -0.481 e. The minimum absolute atomic E-state index is 0.00363. The largest absolute Gasteiger partial charge is 0.481 e. The van der Waals surface area contributed by atoms with Crippen molar-refractivity contribution in [3.63, 3.8) is 0 Å². The van der Waals surface area contributed by atoms with Gasteiger partial charge in [-0.2, -0.15) is 0 Å². The number of nitrogens with zero attached hydrogens (tertiary/aromatic N) is 1. The lowest BCUT2D eigenvalue weighted by atomic mass is 9.93. The van der Waals surface area contributed by atoms with E-state index < -0.39 is 5.97 Å². The summed E-state index contributed by atoms with van der Waals surface area (Å²) in [6, 6.07) is 16.9. The maximum atomic E-state index is 13.1. The lowest BCUT2D eigenvalue weighted by molar-refractivity contribution is -0.136. The van der Waals surface area contributed by atoms with Gasteiger partial charge in [-0.25, -0.2) is 0 Å². The Balaban J connectivity index is 1.90. The Morgan fingerprint density at radius 1 is 0.920 bits per heavy atom. The highest BCUT2D eigenvalue weighted by atomic mass is 16.4. The topological polar surface area (TPSA) is 57.6 Å². The highest BCUT2D eigenvalue weighted by Gasteiger charge is 2.27. The summed E-state index contributed by atoms with van der Waals surface area (Å²) >= 11 is 0. The van der Waals surface area contributed by atoms with Crippen molar-refractivity contribution in [2.75, 3.05) is 4.90 Å². The molecular weight excluding hydrogens is 314 g/mol. The summed E-state index contributed by atoms with van der Waals surface area (Å²) in [6.07, 6.45) is 5.52. The van der Waals surface area contributed by atoms with Crippen molar-refractivity contribution < 1.29 is 14.7 Å². The number of hydrogen-bond acceptors (Lipinski definition) is 2. The van der Waals surface area contributed by atoms with Crippen LogP contribution < -0.4 is 4.90 Å². The first-order valence-corrected chi connectivity index (χ1v) is 8.84. The van der Waals surface area contributed by atoms with E-state index >= 15 is 0 Å². The van der Waals surface area contributed by atoms with Crippen molar-refractivity contribution in [3.8, 4) is 0 Å². The van der Waals surface area contributed by atoms with Gasteiger partial charge in [0, 0.05) is 17.3 Å². The van der Waals surface area contributed by atoms with Crippen molar-refractivity contribution in [2.45, 2.75) is 44.6 Å². The summed E-state index contributed by atoms with van der Waals surface area (Å²) < 4.78 is 0. The third-order valence-electron chi connectivity index (χ3n) is 4.75. The molecule has 0 atom stereocenters. The number of hydrogen-bond donors (Lipinski definition) is 1. The average Bonchev–Trinajstić information content (AvgIpc) is 2.64. The third-order valence-corrected chi connectivity index (χ3v) is 4.75. The van der Waals surface area contributed by atoms with Crippen molar-refractivity contribution in [1.82, 2.24) is 0 Å². The molecule has 1 N–H and O–H groups in total. The van der Waals surface area contributed by atoms with Gasteiger partial charge >= 0.3 is 5.97 Å². The Kier molecular flexibility index (Phi) is 5.49. The first kappa shape index (κ1) is 17.2. The van der Waals surface area contributed by atoms with Gasteiger partial charge in [0.2, 0.25) is 0 Å². The number of carbonyl (C=O) groups is 2. The molecule has 0 unspecified atom stereocenters. The van der Waals surface area contributed by atoms with E-state index in [-0.39, 0.29) is 18.4 Å². The molecule has 25 heavy (non-hydrogen) atoms. The second kappa shape index (κ2) is 7.97. The molecule has 0 heterocycles. The number of benzene rings is 2. The molecule has 0 aliphatic heterocycles. The first-order valence-electron chi connectivity index (χ1n) is 8.84. The smallest absolute Gasteiger partial charge is 0.307 e. The molecule has 1 fully saturated rings. The van der Waals surface area contributed by atoms with Gasteiger partial charge in [0.25, 0.3) is 5.91 Å². The molecule has 2 aromatic rings. The van der Waals surface area contributed by atoms with Crippen LogP contribution in [0.1, 0.15) is 48.0 Å². The van der Waals surface area contributed by atoms with Crippen LogP contribution in [0.25, 0.3) is 0 Å². The van der Waals surface area contributed by atoms with Gasteiger partial charge in [0.05, 0.1) is 6.42 Å². The fraction of sp³-hybridized carbons (Fsp3) is 0.333. The fourth-order valence-corrected chi connectivity index (χ4v) is 3.50. The summed E-state index contributed by atoms with van der Waals surface area (Å²) in [7, 11) is 0. The number of rotatable bonds is 5. The maximum Gasteiger partial charge on any atom is 0.307 e. The predicted octanol–water partition coefficient (Wildman–Crippen LogP) is 4.29. The molecule has 2 aromatic carbocycles. The molecule has 4 heteroatoms. The Labute approximate surface area is 148 Å². The molecule has 0 saturated heterocycles. The highest BCUT2D eigenvalue weighted by Crippen LogP contribution is 2.29. The molecule has 4 nitrogen and oxygen atoms in total. The van der Waals surface area contributed by atoms with Crippen LogP contribution >= 0.6 is 0 Å². The SMILES string of the molecule is O=C(O)Cc1ccc(N(C(=O)c2ccccc2)C2CCCCC2)cc1. The van der Waals surface area contributed by atoms with Crippen LogP contribution in [-0.4, -0.2) is 23.0 Å². The van der Waals surface area contributed by atoms with E-state index in [1.807, 2.05) is 47.4 Å². The van der Waals surface area contributed by atoms with E-state index in [1.54, 1.807) is 12.1 Å². The second-order valence-corrected chi connectivity index (χ2v) is 6.57. The maximum absolute atomic E-state index is 13.1. The summed E-state index contributed by atoms with van der Waals surface area (Å²) in [4.78, 5) is 25.9. The van der Waals surface area contributed by atoms with Gasteiger partial charge in [-0.3, -0.25) is 9.59 Å². The van der Waals surface area contributed by atoms with E-state index in [1.165, 1.54) is 6.42 Å². The minimum atomic E-state index is -0.850. The van der Waals surface area contributed by atoms with Crippen LogP contribution in [-0.2, 0) is 11.2 Å². The zero-order valence-electron chi connectivity index (χ0n) is 14.2. The van der Waals surface area contributed by atoms with Gasteiger partial charge in [-0.05, 0) is 42.7 Å². The lowest BCUT2D eigenvalue weighted by Crippen LogP contribution is -2.41. The molecule has 0 radical (unpaired) electrons. The van der Waals surface area contributed by atoms with Crippen LogP contribution in [0.3, 0.4) is 0 Å². The summed E-state index contributed by atoms with van der Waals surface area (Å²) in [6.45, 7) is 0. The van der Waals surface area contributed by atoms with E-state index in [9.17, 15) is 9.59 Å². The number of anilines is 1. The molecule has 1 amide bonds. The molecule has 130 valence electrons. The van der Waals surface area contributed by atoms with Crippen LogP contribution in [0, 0.1) is 0 Å². The van der Waals surface area contributed by atoms with Gasteiger partial charge in [-0.1, -0.05) is 49.6 Å².